The molecule has 0 spiro atoms. The largest absolute Gasteiger partial charge is 0.361 e. The van der Waals surface area contributed by atoms with E-state index in [0.29, 0.717) is 13.0 Å². The number of para-hydroxylation sites is 2. The molecule has 5 nitrogen and oxygen atoms in total. The average molecular weight is 377 g/mol. The van der Waals surface area contributed by atoms with Crippen molar-refractivity contribution in [2.75, 3.05) is 11.9 Å². The standard InChI is InChI=1S/C23H27N3O2/c1-4-16-9-5-7-11-19(16)26-22(28)23(2,3)21(27)24-14-13-17-15-25-20-12-8-6-10-18(17)20/h5-12,15,25H,4,13-14H2,1-3H3,(H,24,27)(H,26,28). The van der Waals surface area contributed by atoms with Gasteiger partial charge in [-0.15, -0.1) is 0 Å². The molecule has 3 aromatic rings. The highest BCUT2D eigenvalue weighted by Crippen LogP contribution is 2.22. The minimum absolute atomic E-state index is 0.279. The molecule has 0 bridgehead atoms. The zero-order chi connectivity index (χ0) is 20.1. The monoisotopic (exact) mass is 377 g/mol. The molecule has 0 atom stereocenters. The highest BCUT2D eigenvalue weighted by Gasteiger charge is 2.36. The lowest BCUT2D eigenvalue weighted by Gasteiger charge is -2.23. The van der Waals surface area contributed by atoms with E-state index in [-0.39, 0.29) is 11.8 Å². The Morgan fingerprint density at radius 1 is 0.964 bits per heavy atom. The Bertz CT molecular complexity index is 988. The summed E-state index contributed by atoms with van der Waals surface area (Å²) in [5.74, 6) is -0.586. The lowest BCUT2D eigenvalue weighted by molar-refractivity contribution is -0.138. The fourth-order valence-electron chi connectivity index (χ4n) is 3.20. The Balaban J connectivity index is 1.60. The minimum Gasteiger partial charge on any atom is -0.361 e. The van der Waals surface area contributed by atoms with Crippen molar-refractivity contribution < 1.29 is 9.59 Å². The topological polar surface area (TPSA) is 74.0 Å². The third-order valence-electron chi connectivity index (χ3n) is 5.14. The van der Waals surface area contributed by atoms with Gasteiger partial charge in [0.05, 0.1) is 0 Å². The molecule has 1 aromatic heterocycles. The van der Waals surface area contributed by atoms with Crippen molar-refractivity contribution in [1.82, 2.24) is 10.3 Å². The van der Waals surface area contributed by atoms with Crippen molar-refractivity contribution >= 4 is 28.4 Å². The van der Waals surface area contributed by atoms with Crippen LogP contribution in [0.5, 0.6) is 0 Å². The Hall–Kier alpha value is -3.08. The average Bonchev–Trinajstić information content (AvgIpc) is 3.11. The van der Waals surface area contributed by atoms with Gasteiger partial charge in [0.15, 0.2) is 0 Å². The zero-order valence-electron chi connectivity index (χ0n) is 16.6. The molecule has 0 saturated carbocycles. The second kappa shape index (κ2) is 8.30. The zero-order valence-corrected chi connectivity index (χ0v) is 16.6. The fraction of sp³-hybridized carbons (Fsp3) is 0.304. The van der Waals surface area contributed by atoms with Gasteiger partial charge in [0, 0.05) is 29.3 Å². The molecule has 3 rings (SSSR count). The summed E-state index contributed by atoms with van der Waals surface area (Å²) in [5.41, 5.74) is 2.87. The molecule has 0 fully saturated rings. The molecule has 146 valence electrons. The number of nitrogens with one attached hydrogen (secondary N) is 3. The number of H-pyrrole nitrogens is 1. The van der Waals surface area contributed by atoms with E-state index in [9.17, 15) is 9.59 Å². The van der Waals surface area contributed by atoms with Crippen LogP contribution in [0.15, 0.2) is 54.7 Å². The smallest absolute Gasteiger partial charge is 0.239 e. The molecule has 0 unspecified atom stereocenters. The number of rotatable bonds is 7. The third-order valence-corrected chi connectivity index (χ3v) is 5.14. The van der Waals surface area contributed by atoms with Crippen LogP contribution in [0.3, 0.4) is 0 Å². The number of carbonyl (C=O) groups excluding carboxylic acids is 2. The third kappa shape index (κ3) is 4.09. The van der Waals surface area contributed by atoms with Crippen LogP contribution in [0.25, 0.3) is 10.9 Å². The summed E-state index contributed by atoms with van der Waals surface area (Å²) < 4.78 is 0. The lowest BCUT2D eigenvalue weighted by atomic mass is 9.90. The van der Waals surface area contributed by atoms with Crippen LogP contribution >= 0.6 is 0 Å². The van der Waals surface area contributed by atoms with E-state index < -0.39 is 5.41 Å². The van der Waals surface area contributed by atoms with Crippen LogP contribution in [0.4, 0.5) is 5.69 Å². The number of aromatic nitrogens is 1. The van der Waals surface area contributed by atoms with Gasteiger partial charge in [0.2, 0.25) is 11.8 Å². The maximum absolute atomic E-state index is 12.7. The lowest BCUT2D eigenvalue weighted by Crippen LogP contribution is -2.45. The first-order valence-corrected chi connectivity index (χ1v) is 9.66. The first kappa shape index (κ1) is 19.7. The summed E-state index contributed by atoms with van der Waals surface area (Å²) >= 11 is 0. The number of fused-ring (bicyclic) bond motifs is 1. The number of hydrogen-bond donors (Lipinski definition) is 3. The molecular formula is C23H27N3O2. The molecule has 0 saturated heterocycles. The molecule has 2 aromatic carbocycles. The van der Waals surface area contributed by atoms with Gasteiger partial charge < -0.3 is 15.6 Å². The van der Waals surface area contributed by atoms with Crippen molar-refractivity contribution in [2.45, 2.75) is 33.6 Å². The summed E-state index contributed by atoms with van der Waals surface area (Å²) in [6.07, 6.45) is 3.48. The normalized spacial score (nSPS) is 11.4. The second-order valence-corrected chi connectivity index (χ2v) is 7.46. The van der Waals surface area contributed by atoms with Gasteiger partial charge >= 0.3 is 0 Å². The number of aromatic amines is 1. The predicted molar refractivity (Wildman–Crippen MR) is 113 cm³/mol. The molecule has 3 N–H and O–H groups in total. The summed E-state index contributed by atoms with van der Waals surface area (Å²) in [4.78, 5) is 28.6. The van der Waals surface area contributed by atoms with E-state index >= 15 is 0 Å². The van der Waals surface area contributed by atoms with E-state index in [1.807, 2.05) is 55.6 Å². The van der Waals surface area contributed by atoms with E-state index in [1.165, 1.54) is 0 Å². The molecule has 1 heterocycles. The number of benzene rings is 2. The molecule has 0 aliphatic rings. The van der Waals surface area contributed by atoms with Crippen molar-refractivity contribution in [2.24, 2.45) is 5.41 Å². The molecule has 2 amide bonds. The number of anilines is 1. The van der Waals surface area contributed by atoms with Gasteiger partial charge in [0.25, 0.3) is 0 Å². The quantitative estimate of drug-likeness (QED) is 0.543. The van der Waals surface area contributed by atoms with Crippen LogP contribution in [0.2, 0.25) is 0 Å². The van der Waals surface area contributed by atoms with Gasteiger partial charge in [-0.25, -0.2) is 0 Å². The van der Waals surface area contributed by atoms with Crippen molar-refractivity contribution in [3.05, 3.63) is 65.9 Å². The second-order valence-electron chi connectivity index (χ2n) is 7.46. The van der Waals surface area contributed by atoms with Crippen molar-refractivity contribution in [1.29, 1.82) is 0 Å². The minimum atomic E-state index is -1.17. The van der Waals surface area contributed by atoms with Crippen LogP contribution in [-0.4, -0.2) is 23.3 Å². The molecule has 0 radical (unpaired) electrons. The molecule has 0 aliphatic heterocycles. The predicted octanol–water partition coefficient (Wildman–Crippen LogP) is 4.05. The number of hydrogen-bond acceptors (Lipinski definition) is 2. The Labute approximate surface area is 165 Å². The van der Waals surface area contributed by atoms with Crippen LogP contribution in [0.1, 0.15) is 31.9 Å². The van der Waals surface area contributed by atoms with Crippen LogP contribution < -0.4 is 10.6 Å². The highest BCUT2D eigenvalue weighted by atomic mass is 16.2. The van der Waals surface area contributed by atoms with E-state index in [4.69, 9.17) is 0 Å². The van der Waals surface area contributed by atoms with Gasteiger partial charge in [-0.05, 0) is 49.9 Å². The van der Waals surface area contributed by atoms with Crippen molar-refractivity contribution in [3.8, 4) is 0 Å². The van der Waals surface area contributed by atoms with E-state index in [1.54, 1.807) is 13.8 Å². The number of amides is 2. The summed E-state index contributed by atoms with van der Waals surface area (Å²) in [7, 11) is 0. The van der Waals surface area contributed by atoms with Crippen LogP contribution in [0, 0.1) is 5.41 Å². The number of carbonyl (C=O) groups is 2. The van der Waals surface area contributed by atoms with E-state index in [2.05, 4.69) is 21.7 Å². The number of aryl methyl sites for hydroxylation is 1. The Morgan fingerprint density at radius 3 is 2.46 bits per heavy atom. The Morgan fingerprint density at radius 2 is 1.68 bits per heavy atom. The Kier molecular flexibility index (Phi) is 5.83. The fourth-order valence-corrected chi connectivity index (χ4v) is 3.20. The van der Waals surface area contributed by atoms with Crippen LogP contribution in [-0.2, 0) is 22.4 Å². The summed E-state index contributed by atoms with van der Waals surface area (Å²) in [5, 5.41) is 6.97. The summed E-state index contributed by atoms with van der Waals surface area (Å²) in [6.45, 7) is 5.81. The molecule has 5 heteroatoms. The maximum atomic E-state index is 12.7. The van der Waals surface area contributed by atoms with Crippen molar-refractivity contribution in [3.63, 3.8) is 0 Å². The van der Waals surface area contributed by atoms with Gasteiger partial charge in [-0.1, -0.05) is 43.3 Å². The first-order chi connectivity index (χ1) is 13.4. The summed E-state index contributed by atoms with van der Waals surface area (Å²) in [6, 6.07) is 15.7. The highest BCUT2D eigenvalue weighted by molar-refractivity contribution is 6.10. The van der Waals surface area contributed by atoms with Gasteiger partial charge in [0.1, 0.15) is 5.41 Å². The first-order valence-electron chi connectivity index (χ1n) is 9.66. The van der Waals surface area contributed by atoms with E-state index in [0.717, 1.165) is 34.1 Å². The van der Waals surface area contributed by atoms with Gasteiger partial charge in [-0.2, -0.15) is 0 Å². The SMILES string of the molecule is CCc1ccccc1NC(=O)C(C)(C)C(=O)NCCc1c[nH]c2ccccc12. The molecule has 0 aliphatic carbocycles. The van der Waals surface area contributed by atoms with Gasteiger partial charge in [-0.3, -0.25) is 9.59 Å². The maximum Gasteiger partial charge on any atom is 0.239 e. The molecule has 28 heavy (non-hydrogen) atoms. The molecular weight excluding hydrogens is 350 g/mol.